The minimum atomic E-state index is -0.734. The molecule has 0 aromatic heterocycles. The molecule has 0 spiro atoms. The van der Waals surface area contributed by atoms with Gasteiger partial charge in [0.25, 0.3) is 0 Å². The van der Waals surface area contributed by atoms with Gasteiger partial charge in [0.05, 0.1) is 0 Å². The van der Waals surface area contributed by atoms with E-state index in [1.807, 2.05) is 11.8 Å². The molecule has 1 saturated heterocycles. The number of nitrogens with one attached hydrogen (secondary N) is 1. The summed E-state index contributed by atoms with van der Waals surface area (Å²) in [7, 11) is 0. The van der Waals surface area contributed by atoms with Crippen LogP contribution >= 0.6 is 11.8 Å². The van der Waals surface area contributed by atoms with Crippen molar-refractivity contribution in [3.8, 4) is 0 Å². The lowest BCUT2D eigenvalue weighted by Gasteiger charge is -2.39. The lowest BCUT2D eigenvalue weighted by molar-refractivity contribution is -0.131. The van der Waals surface area contributed by atoms with E-state index >= 15 is 0 Å². The third-order valence-corrected chi connectivity index (χ3v) is 4.67. The third-order valence-electron chi connectivity index (χ3n) is 3.50. The molecule has 1 heterocycles. The minimum absolute atomic E-state index is 0.0573. The first-order chi connectivity index (χ1) is 7.69. The monoisotopic (exact) mass is 243 g/mol. The molecule has 1 amide bonds. The number of carbonyl (C=O) groups is 1. The smallest absolute Gasteiger partial charge is 0.234 e. The molecule has 1 atom stereocenters. The Hall–Kier alpha value is -0.910. The van der Waals surface area contributed by atoms with Crippen molar-refractivity contribution in [2.24, 2.45) is 16.3 Å². The summed E-state index contributed by atoms with van der Waals surface area (Å²) < 4.78 is 0. The number of hydrogen-bond acceptors (Lipinski definition) is 4. The van der Waals surface area contributed by atoms with Crippen LogP contribution in [0.15, 0.2) is 5.16 Å². The molecule has 2 fully saturated rings. The SMILES string of the molecule is NC(=NO)C1(C(=O)NC2CCSC2)CCC1. The molecule has 0 radical (unpaired) electrons. The summed E-state index contributed by atoms with van der Waals surface area (Å²) in [5, 5.41) is 14.7. The van der Waals surface area contributed by atoms with E-state index in [4.69, 9.17) is 10.9 Å². The van der Waals surface area contributed by atoms with E-state index in [0.29, 0.717) is 12.8 Å². The fourth-order valence-electron chi connectivity index (χ4n) is 2.20. The first-order valence-electron chi connectivity index (χ1n) is 5.56. The molecule has 16 heavy (non-hydrogen) atoms. The van der Waals surface area contributed by atoms with Crippen molar-refractivity contribution in [1.82, 2.24) is 5.32 Å². The Kier molecular flexibility index (Phi) is 3.28. The van der Waals surface area contributed by atoms with E-state index in [0.717, 1.165) is 24.3 Å². The summed E-state index contributed by atoms with van der Waals surface area (Å²) >= 11 is 1.85. The highest BCUT2D eigenvalue weighted by Gasteiger charge is 2.48. The lowest BCUT2D eigenvalue weighted by Crippen LogP contribution is -2.55. The van der Waals surface area contributed by atoms with Crippen LogP contribution in [-0.2, 0) is 4.79 Å². The van der Waals surface area contributed by atoms with E-state index in [1.165, 1.54) is 0 Å². The van der Waals surface area contributed by atoms with Gasteiger partial charge in [-0.05, 0) is 25.0 Å². The van der Waals surface area contributed by atoms with E-state index in [1.54, 1.807) is 0 Å². The lowest BCUT2D eigenvalue weighted by atomic mass is 9.67. The molecule has 0 bridgehead atoms. The van der Waals surface area contributed by atoms with Crippen molar-refractivity contribution in [3.05, 3.63) is 0 Å². The molecule has 2 rings (SSSR count). The molecule has 5 nitrogen and oxygen atoms in total. The summed E-state index contributed by atoms with van der Waals surface area (Å²) in [6.07, 6.45) is 3.36. The first-order valence-corrected chi connectivity index (χ1v) is 6.71. The third kappa shape index (κ3) is 1.86. The van der Waals surface area contributed by atoms with Crippen molar-refractivity contribution in [2.45, 2.75) is 31.7 Å². The number of carbonyl (C=O) groups excluding carboxylic acids is 1. The van der Waals surface area contributed by atoms with Crippen LogP contribution in [-0.4, -0.2) is 34.5 Å². The predicted molar refractivity (Wildman–Crippen MR) is 63.6 cm³/mol. The molecule has 1 aliphatic heterocycles. The molecule has 0 aromatic carbocycles. The molecular formula is C10H17N3O2S. The maximum absolute atomic E-state index is 12.1. The van der Waals surface area contributed by atoms with Crippen LogP contribution in [0.2, 0.25) is 0 Å². The molecule has 4 N–H and O–H groups in total. The second kappa shape index (κ2) is 4.53. The Labute approximate surface area is 98.8 Å². The normalized spacial score (nSPS) is 28.5. The number of rotatable bonds is 3. The van der Waals surface area contributed by atoms with Gasteiger partial charge in [0, 0.05) is 11.8 Å². The Morgan fingerprint density at radius 1 is 1.56 bits per heavy atom. The van der Waals surface area contributed by atoms with Crippen molar-refractivity contribution in [3.63, 3.8) is 0 Å². The average molecular weight is 243 g/mol. The highest BCUT2D eigenvalue weighted by atomic mass is 32.2. The number of nitrogens with two attached hydrogens (primary N) is 1. The number of amidine groups is 1. The summed E-state index contributed by atoms with van der Waals surface area (Å²) in [6.45, 7) is 0. The standard InChI is InChI=1S/C10H17N3O2S/c11-8(13-15)10(3-1-4-10)9(14)12-7-2-5-16-6-7/h7,15H,1-6H2,(H2,11,13)(H,12,14). The van der Waals surface area contributed by atoms with Crippen LogP contribution in [0, 0.1) is 5.41 Å². The minimum Gasteiger partial charge on any atom is -0.409 e. The van der Waals surface area contributed by atoms with Crippen LogP contribution < -0.4 is 11.1 Å². The number of oxime groups is 1. The Morgan fingerprint density at radius 2 is 2.31 bits per heavy atom. The fraction of sp³-hybridized carbons (Fsp3) is 0.800. The number of amides is 1. The zero-order valence-electron chi connectivity index (χ0n) is 9.11. The van der Waals surface area contributed by atoms with Gasteiger partial charge in [0.2, 0.25) is 5.91 Å². The molecular weight excluding hydrogens is 226 g/mol. The average Bonchev–Trinajstić information content (AvgIpc) is 2.68. The second-order valence-electron chi connectivity index (χ2n) is 4.45. The van der Waals surface area contributed by atoms with Crippen molar-refractivity contribution in [1.29, 1.82) is 0 Å². The van der Waals surface area contributed by atoms with Gasteiger partial charge in [-0.15, -0.1) is 0 Å². The van der Waals surface area contributed by atoms with E-state index < -0.39 is 5.41 Å². The Balaban J connectivity index is 2.01. The largest absolute Gasteiger partial charge is 0.409 e. The predicted octanol–water partition coefficient (Wildman–Crippen LogP) is 0.525. The molecule has 1 unspecified atom stereocenters. The quantitative estimate of drug-likeness (QED) is 0.292. The zero-order valence-corrected chi connectivity index (χ0v) is 9.92. The zero-order chi connectivity index (χ0) is 11.6. The highest BCUT2D eigenvalue weighted by Crippen LogP contribution is 2.41. The van der Waals surface area contributed by atoms with Crippen LogP contribution in [0.25, 0.3) is 0 Å². The maximum Gasteiger partial charge on any atom is 0.234 e. The maximum atomic E-state index is 12.1. The Morgan fingerprint density at radius 3 is 2.75 bits per heavy atom. The summed E-state index contributed by atoms with van der Waals surface area (Å²) in [5.74, 6) is 2.06. The van der Waals surface area contributed by atoms with Gasteiger partial charge < -0.3 is 16.3 Å². The number of nitrogens with zero attached hydrogens (tertiary/aromatic N) is 1. The molecule has 0 aromatic rings. The van der Waals surface area contributed by atoms with Gasteiger partial charge in [-0.1, -0.05) is 11.6 Å². The topological polar surface area (TPSA) is 87.7 Å². The Bertz CT molecular complexity index is 309. The molecule has 90 valence electrons. The van der Waals surface area contributed by atoms with Gasteiger partial charge in [0.1, 0.15) is 5.41 Å². The van der Waals surface area contributed by atoms with Crippen LogP contribution in [0.4, 0.5) is 0 Å². The van der Waals surface area contributed by atoms with E-state index in [9.17, 15) is 4.79 Å². The van der Waals surface area contributed by atoms with Crippen LogP contribution in [0.1, 0.15) is 25.7 Å². The first kappa shape index (κ1) is 11.6. The summed E-state index contributed by atoms with van der Waals surface area (Å²) in [6, 6.07) is 0.251. The van der Waals surface area contributed by atoms with Crippen molar-refractivity contribution >= 4 is 23.5 Å². The van der Waals surface area contributed by atoms with Crippen molar-refractivity contribution in [2.75, 3.05) is 11.5 Å². The van der Waals surface area contributed by atoms with E-state index in [-0.39, 0.29) is 17.8 Å². The molecule has 1 aliphatic carbocycles. The summed E-state index contributed by atoms with van der Waals surface area (Å²) in [5.41, 5.74) is 4.89. The highest BCUT2D eigenvalue weighted by molar-refractivity contribution is 7.99. The van der Waals surface area contributed by atoms with Crippen molar-refractivity contribution < 1.29 is 10.0 Å². The number of hydrogen-bond donors (Lipinski definition) is 3. The van der Waals surface area contributed by atoms with Crippen LogP contribution in [0.3, 0.4) is 0 Å². The summed E-state index contributed by atoms with van der Waals surface area (Å²) in [4.78, 5) is 12.1. The van der Waals surface area contributed by atoms with Gasteiger partial charge in [-0.2, -0.15) is 11.8 Å². The second-order valence-corrected chi connectivity index (χ2v) is 5.60. The van der Waals surface area contributed by atoms with Gasteiger partial charge in [-0.25, -0.2) is 0 Å². The van der Waals surface area contributed by atoms with Gasteiger partial charge in [-0.3, -0.25) is 4.79 Å². The van der Waals surface area contributed by atoms with Crippen LogP contribution in [0.5, 0.6) is 0 Å². The number of thioether (sulfide) groups is 1. The molecule has 1 saturated carbocycles. The fourth-order valence-corrected chi connectivity index (χ4v) is 3.35. The van der Waals surface area contributed by atoms with Gasteiger partial charge in [0.15, 0.2) is 5.84 Å². The van der Waals surface area contributed by atoms with E-state index in [2.05, 4.69) is 10.5 Å². The molecule has 2 aliphatic rings. The molecule has 6 heteroatoms. The van der Waals surface area contributed by atoms with Gasteiger partial charge >= 0.3 is 0 Å².